The maximum atomic E-state index is 9.76. The number of unbranched alkanes of at least 4 members (excludes halogenated alkanes) is 1. The molecule has 0 bridgehead atoms. The summed E-state index contributed by atoms with van der Waals surface area (Å²) in [4.78, 5) is 9.76. The number of carboxylic acid groups (broad SMARTS) is 1. The Balaban J connectivity index is 0. The van der Waals surface area contributed by atoms with E-state index in [1.807, 2.05) is 20.8 Å². The molecule has 5 nitrogen and oxygen atoms in total. The van der Waals surface area contributed by atoms with Crippen molar-refractivity contribution in [2.24, 2.45) is 0 Å². The quantitative estimate of drug-likeness (QED) is 0.659. The molecule has 16 heavy (non-hydrogen) atoms. The van der Waals surface area contributed by atoms with E-state index in [1.165, 1.54) is 0 Å². The van der Waals surface area contributed by atoms with Crippen molar-refractivity contribution in [2.45, 2.75) is 52.5 Å². The van der Waals surface area contributed by atoms with Crippen molar-refractivity contribution in [1.82, 2.24) is 5.32 Å². The number of nitrogens with one attached hydrogen (secondary N) is 1. The fourth-order valence-corrected chi connectivity index (χ4v) is 0.795. The standard InChI is InChI=1S/C6H15NO2.C5H10O2/c1-5(8-3)7-6(2)9-4;1-2-3-4-5(6)7/h5-7H,1-4H3;2-4H2,1H3,(H,6,7). The number of carboxylic acids is 1. The first kappa shape index (κ1) is 17.7. The lowest BCUT2D eigenvalue weighted by atomic mass is 10.3. The van der Waals surface area contributed by atoms with Crippen LogP contribution < -0.4 is 5.32 Å². The lowest BCUT2D eigenvalue weighted by Gasteiger charge is -2.16. The van der Waals surface area contributed by atoms with Gasteiger partial charge in [-0.25, -0.2) is 0 Å². The predicted molar refractivity (Wildman–Crippen MR) is 63.2 cm³/mol. The molecule has 0 fully saturated rings. The van der Waals surface area contributed by atoms with Crippen LogP contribution in [0.1, 0.15) is 40.0 Å². The van der Waals surface area contributed by atoms with E-state index in [9.17, 15) is 4.79 Å². The Kier molecular flexibility index (Phi) is 13.8. The maximum Gasteiger partial charge on any atom is 0.303 e. The van der Waals surface area contributed by atoms with Gasteiger partial charge in [-0.3, -0.25) is 10.1 Å². The molecule has 5 heteroatoms. The molecule has 0 saturated carbocycles. The molecule has 0 aliphatic heterocycles. The molecule has 0 heterocycles. The molecule has 2 atom stereocenters. The van der Waals surface area contributed by atoms with E-state index in [1.54, 1.807) is 14.2 Å². The molecule has 0 saturated heterocycles. The lowest BCUT2D eigenvalue weighted by Crippen LogP contribution is -2.36. The fourth-order valence-electron chi connectivity index (χ4n) is 0.795. The van der Waals surface area contributed by atoms with E-state index in [0.717, 1.165) is 12.8 Å². The monoisotopic (exact) mass is 235 g/mol. The van der Waals surface area contributed by atoms with Gasteiger partial charge in [-0.15, -0.1) is 0 Å². The van der Waals surface area contributed by atoms with E-state index in [4.69, 9.17) is 14.6 Å². The Morgan fingerprint density at radius 1 is 1.25 bits per heavy atom. The second kappa shape index (κ2) is 12.4. The predicted octanol–water partition coefficient (Wildman–Crippen LogP) is 1.82. The largest absolute Gasteiger partial charge is 0.481 e. The normalized spacial score (nSPS) is 13.6. The van der Waals surface area contributed by atoms with E-state index in [0.29, 0.717) is 6.42 Å². The molecule has 0 aromatic heterocycles. The topological polar surface area (TPSA) is 67.8 Å². The third-order valence-electron chi connectivity index (χ3n) is 1.92. The van der Waals surface area contributed by atoms with E-state index in [2.05, 4.69) is 5.32 Å². The molecule has 0 aliphatic rings. The van der Waals surface area contributed by atoms with Crippen LogP contribution in [0.4, 0.5) is 0 Å². The molecule has 0 spiro atoms. The molecule has 0 rings (SSSR count). The summed E-state index contributed by atoms with van der Waals surface area (Å²) in [5.74, 6) is -0.693. The average Bonchev–Trinajstić information content (AvgIpc) is 2.26. The number of methoxy groups -OCH3 is 2. The van der Waals surface area contributed by atoms with Gasteiger partial charge in [-0.2, -0.15) is 0 Å². The third-order valence-corrected chi connectivity index (χ3v) is 1.92. The molecule has 0 radical (unpaired) electrons. The van der Waals surface area contributed by atoms with Crippen LogP contribution in [-0.2, 0) is 14.3 Å². The van der Waals surface area contributed by atoms with Crippen molar-refractivity contribution in [2.75, 3.05) is 14.2 Å². The molecule has 0 aliphatic carbocycles. The molecule has 0 aromatic carbocycles. The zero-order chi connectivity index (χ0) is 13.0. The summed E-state index contributed by atoms with van der Waals surface area (Å²) in [5.41, 5.74) is 0. The Bertz CT molecular complexity index is 156. The van der Waals surface area contributed by atoms with Gasteiger partial charge >= 0.3 is 5.97 Å². The number of ether oxygens (including phenoxy) is 2. The summed E-state index contributed by atoms with van der Waals surface area (Å²) in [6, 6.07) is 0. The number of carbonyl (C=O) groups is 1. The lowest BCUT2D eigenvalue weighted by molar-refractivity contribution is -0.137. The minimum absolute atomic E-state index is 0.0555. The van der Waals surface area contributed by atoms with Gasteiger partial charge < -0.3 is 14.6 Å². The van der Waals surface area contributed by atoms with Crippen molar-refractivity contribution < 1.29 is 19.4 Å². The summed E-state index contributed by atoms with van der Waals surface area (Å²) in [7, 11) is 3.31. The van der Waals surface area contributed by atoms with Gasteiger partial charge in [0.1, 0.15) is 12.5 Å². The second-order valence-corrected chi connectivity index (χ2v) is 3.42. The van der Waals surface area contributed by atoms with Gasteiger partial charge in [-0.1, -0.05) is 13.3 Å². The van der Waals surface area contributed by atoms with Gasteiger partial charge in [0, 0.05) is 20.6 Å². The van der Waals surface area contributed by atoms with Crippen LogP contribution in [0.5, 0.6) is 0 Å². The van der Waals surface area contributed by atoms with Crippen LogP contribution in [0.15, 0.2) is 0 Å². The summed E-state index contributed by atoms with van der Waals surface area (Å²) in [5, 5.41) is 11.1. The van der Waals surface area contributed by atoms with Gasteiger partial charge in [0.2, 0.25) is 0 Å². The van der Waals surface area contributed by atoms with Gasteiger partial charge in [0.15, 0.2) is 0 Å². The van der Waals surface area contributed by atoms with Crippen LogP contribution in [-0.4, -0.2) is 37.8 Å². The molecule has 2 N–H and O–H groups in total. The Labute approximate surface area is 98.1 Å². The second-order valence-electron chi connectivity index (χ2n) is 3.42. The highest BCUT2D eigenvalue weighted by molar-refractivity contribution is 5.66. The molecular weight excluding hydrogens is 210 g/mol. The summed E-state index contributed by atoms with van der Waals surface area (Å²) in [6.07, 6.45) is 2.19. The van der Waals surface area contributed by atoms with Crippen molar-refractivity contribution in [3.63, 3.8) is 0 Å². The number of hydrogen-bond acceptors (Lipinski definition) is 4. The Morgan fingerprint density at radius 3 is 1.88 bits per heavy atom. The minimum Gasteiger partial charge on any atom is -0.481 e. The molecular formula is C11H25NO4. The average molecular weight is 235 g/mol. The Hall–Kier alpha value is -0.650. The minimum atomic E-state index is -0.693. The highest BCUT2D eigenvalue weighted by Gasteiger charge is 2.02. The zero-order valence-electron chi connectivity index (χ0n) is 10.9. The smallest absolute Gasteiger partial charge is 0.303 e. The van der Waals surface area contributed by atoms with Crippen LogP contribution in [0.3, 0.4) is 0 Å². The van der Waals surface area contributed by atoms with Crippen LogP contribution >= 0.6 is 0 Å². The summed E-state index contributed by atoms with van der Waals surface area (Å²) < 4.78 is 9.86. The first-order valence-corrected chi connectivity index (χ1v) is 5.51. The van der Waals surface area contributed by atoms with Crippen LogP contribution in [0.25, 0.3) is 0 Å². The zero-order valence-corrected chi connectivity index (χ0v) is 10.9. The first-order chi connectivity index (χ1) is 7.47. The third kappa shape index (κ3) is 15.8. The van der Waals surface area contributed by atoms with Gasteiger partial charge in [0.05, 0.1) is 0 Å². The van der Waals surface area contributed by atoms with Crippen molar-refractivity contribution in [3.8, 4) is 0 Å². The molecule has 98 valence electrons. The van der Waals surface area contributed by atoms with Gasteiger partial charge in [-0.05, 0) is 20.3 Å². The van der Waals surface area contributed by atoms with Crippen molar-refractivity contribution in [3.05, 3.63) is 0 Å². The Morgan fingerprint density at radius 2 is 1.69 bits per heavy atom. The van der Waals surface area contributed by atoms with Crippen molar-refractivity contribution >= 4 is 5.97 Å². The number of aliphatic carboxylic acids is 1. The fraction of sp³-hybridized carbons (Fsp3) is 0.909. The maximum absolute atomic E-state index is 9.76. The summed E-state index contributed by atoms with van der Waals surface area (Å²) >= 11 is 0. The molecule has 0 aromatic rings. The first-order valence-electron chi connectivity index (χ1n) is 5.51. The molecule has 0 amide bonds. The van der Waals surface area contributed by atoms with E-state index < -0.39 is 5.97 Å². The summed E-state index contributed by atoms with van der Waals surface area (Å²) in [6.45, 7) is 5.83. The number of hydrogen-bond donors (Lipinski definition) is 2. The van der Waals surface area contributed by atoms with E-state index in [-0.39, 0.29) is 12.5 Å². The van der Waals surface area contributed by atoms with Crippen molar-refractivity contribution in [1.29, 1.82) is 0 Å². The van der Waals surface area contributed by atoms with Crippen LogP contribution in [0, 0.1) is 0 Å². The molecule has 2 unspecified atom stereocenters. The number of rotatable bonds is 7. The highest BCUT2D eigenvalue weighted by atomic mass is 16.5. The van der Waals surface area contributed by atoms with Gasteiger partial charge in [0.25, 0.3) is 0 Å². The van der Waals surface area contributed by atoms with Crippen LogP contribution in [0.2, 0.25) is 0 Å². The SMILES string of the molecule is CCCCC(=O)O.COC(C)NC(C)OC. The van der Waals surface area contributed by atoms with E-state index >= 15 is 0 Å². The highest BCUT2D eigenvalue weighted by Crippen LogP contribution is 1.91.